The minimum Gasteiger partial charge on any atom is -0.442 e. The highest BCUT2D eigenvalue weighted by Crippen LogP contribution is 2.10. The number of ether oxygens (including phenoxy) is 1. The van der Waals surface area contributed by atoms with E-state index in [1.807, 2.05) is 20.8 Å². The van der Waals surface area contributed by atoms with Crippen molar-refractivity contribution < 1.29 is 14.4 Å². The molecule has 0 aromatic rings. The first-order valence-electron chi connectivity index (χ1n) is 4.56. The second-order valence-electron chi connectivity index (χ2n) is 3.84. The zero-order valence-corrected chi connectivity index (χ0v) is 9.37. The third-order valence-electron chi connectivity index (χ3n) is 1.35. The van der Waals surface area contributed by atoms with Gasteiger partial charge >= 0.3 is 6.09 Å². The third kappa shape index (κ3) is 5.59. The zero-order chi connectivity index (χ0) is 11.2. The first kappa shape index (κ1) is 13.0. The smallest absolute Gasteiger partial charge is 0.434 e. The lowest BCUT2D eigenvalue weighted by molar-refractivity contribution is -0.122. The molecule has 0 aliphatic rings. The molecular weight excluding hydrogens is 182 g/mol. The van der Waals surface area contributed by atoms with E-state index in [-0.39, 0.29) is 0 Å². The van der Waals surface area contributed by atoms with E-state index in [2.05, 4.69) is 6.58 Å². The molecule has 0 aliphatic carbocycles. The van der Waals surface area contributed by atoms with Gasteiger partial charge in [0.1, 0.15) is 5.60 Å². The van der Waals surface area contributed by atoms with E-state index >= 15 is 0 Å². The minimum absolute atomic E-state index is 0.453. The van der Waals surface area contributed by atoms with E-state index in [0.29, 0.717) is 13.0 Å². The van der Waals surface area contributed by atoms with Crippen LogP contribution in [0.1, 0.15) is 27.2 Å². The minimum atomic E-state index is -0.498. The second-order valence-corrected chi connectivity index (χ2v) is 3.84. The van der Waals surface area contributed by atoms with Gasteiger partial charge in [-0.15, -0.1) is 6.58 Å². The fraction of sp³-hybridized carbons (Fsp3) is 0.700. The third-order valence-corrected chi connectivity index (χ3v) is 1.35. The molecule has 0 saturated carbocycles. The van der Waals surface area contributed by atoms with Gasteiger partial charge in [-0.05, 0) is 27.2 Å². The van der Waals surface area contributed by atoms with Crippen molar-refractivity contribution in [3.05, 3.63) is 12.7 Å². The summed E-state index contributed by atoms with van der Waals surface area (Å²) in [7, 11) is 1.44. The van der Waals surface area contributed by atoms with Crippen molar-refractivity contribution in [2.24, 2.45) is 0 Å². The lowest BCUT2D eigenvalue weighted by Gasteiger charge is -2.25. The Morgan fingerprint density at radius 1 is 1.50 bits per heavy atom. The van der Waals surface area contributed by atoms with Crippen LogP contribution in [-0.2, 0) is 9.57 Å². The van der Waals surface area contributed by atoms with Crippen molar-refractivity contribution >= 4 is 6.09 Å². The van der Waals surface area contributed by atoms with Crippen LogP contribution in [0.2, 0.25) is 0 Å². The van der Waals surface area contributed by atoms with Crippen molar-refractivity contribution in [2.45, 2.75) is 32.8 Å². The van der Waals surface area contributed by atoms with Crippen LogP contribution >= 0.6 is 0 Å². The predicted molar refractivity (Wildman–Crippen MR) is 54.8 cm³/mol. The molecule has 0 spiro atoms. The van der Waals surface area contributed by atoms with Crippen LogP contribution in [0.25, 0.3) is 0 Å². The summed E-state index contributed by atoms with van der Waals surface area (Å²) in [5.41, 5.74) is -0.498. The summed E-state index contributed by atoms with van der Waals surface area (Å²) >= 11 is 0. The molecule has 0 radical (unpaired) electrons. The first-order chi connectivity index (χ1) is 6.40. The van der Waals surface area contributed by atoms with Crippen LogP contribution < -0.4 is 0 Å². The fourth-order valence-corrected chi connectivity index (χ4v) is 0.778. The van der Waals surface area contributed by atoms with E-state index in [4.69, 9.17) is 9.57 Å². The Labute approximate surface area is 85.4 Å². The summed E-state index contributed by atoms with van der Waals surface area (Å²) in [6, 6.07) is 0. The Hall–Kier alpha value is -1.03. The molecule has 0 fully saturated rings. The number of carbonyl (C=O) groups excluding carboxylic acids is 1. The van der Waals surface area contributed by atoms with Crippen molar-refractivity contribution in [1.82, 2.24) is 5.06 Å². The maximum Gasteiger partial charge on any atom is 0.434 e. The number of amides is 1. The number of hydrogen-bond donors (Lipinski definition) is 0. The van der Waals surface area contributed by atoms with Crippen LogP contribution in [-0.4, -0.2) is 30.4 Å². The molecule has 0 aromatic heterocycles. The van der Waals surface area contributed by atoms with Gasteiger partial charge in [0.25, 0.3) is 0 Å². The highest BCUT2D eigenvalue weighted by Gasteiger charge is 2.21. The van der Waals surface area contributed by atoms with Crippen LogP contribution in [0, 0.1) is 0 Å². The molecule has 0 unspecified atom stereocenters. The normalized spacial score (nSPS) is 10.9. The molecule has 14 heavy (non-hydrogen) atoms. The summed E-state index contributed by atoms with van der Waals surface area (Å²) < 4.78 is 5.12. The van der Waals surface area contributed by atoms with E-state index in [1.165, 1.54) is 12.2 Å². The molecule has 0 rings (SSSR count). The topological polar surface area (TPSA) is 38.8 Å². The molecule has 0 aromatic carbocycles. The Bertz CT molecular complexity index is 196. The number of hydrogen-bond acceptors (Lipinski definition) is 3. The maximum atomic E-state index is 11.4. The maximum absolute atomic E-state index is 11.4. The summed E-state index contributed by atoms with van der Waals surface area (Å²) in [6.45, 7) is 9.46. The van der Waals surface area contributed by atoms with Crippen molar-refractivity contribution in [2.75, 3.05) is 13.7 Å². The fourth-order valence-electron chi connectivity index (χ4n) is 0.778. The number of carbonyl (C=O) groups is 1. The summed E-state index contributed by atoms with van der Waals surface area (Å²) in [5, 5.41) is 1.17. The van der Waals surface area contributed by atoms with Gasteiger partial charge in [-0.3, -0.25) is 4.84 Å². The van der Waals surface area contributed by atoms with Gasteiger partial charge < -0.3 is 4.74 Å². The highest BCUT2D eigenvalue weighted by atomic mass is 16.7. The van der Waals surface area contributed by atoms with Crippen molar-refractivity contribution in [1.29, 1.82) is 0 Å². The van der Waals surface area contributed by atoms with Gasteiger partial charge in [0.2, 0.25) is 0 Å². The first-order valence-corrected chi connectivity index (χ1v) is 4.56. The Morgan fingerprint density at radius 3 is 2.43 bits per heavy atom. The second kappa shape index (κ2) is 5.65. The van der Waals surface area contributed by atoms with Gasteiger partial charge in [-0.1, -0.05) is 6.08 Å². The number of nitrogens with zero attached hydrogens (tertiary/aromatic N) is 1. The molecule has 4 nitrogen and oxygen atoms in total. The standard InChI is InChI=1S/C10H19NO3/c1-6-7-8-11(13-5)9(12)14-10(2,3)4/h6H,1,7-8H2,2-5H3. The monoisotopic (exact) mass is 201 g/mol. The molecule has 1 amide bonds. The van der Waals surface area contributed by atoms with Crippen LogP contribution in [0.15, 0.2) is 12.7 Å². The quantitative estimate of drug-likeness (QED) is 0.517. The Balaban J connectivity index is 4.10. The zero-order valence-electron chi connectivity index (χ0n) is 9.37. The van der Waals surface area contributed by atoms with E-state index in [9.17, 15) is 4.79 Å². The largest absolute Gasteiger partial charge is 0.442 e. The van der Waals surface area contributed by atoms with Gasteiger partial charge in [-0.25, -0.2) is 4.79 Å². The molecular formula is C10H19NO3. The van der Waals surface area contributed by atoms with Crippen LogP contribution in [0.4, 0.5) is 4.79 Å². The van der Waals surface area contributed by atoms with E-state index < -0.39 is 11.7 Å². The average molecular weight is 201 g/mol. The molecule has 0 aliphatic heterocycles. The lowest BCUT2D eigenvalue weighted by atomic mass is 10.2. The number of rotatable bonds is 4. The van der Waals surface area contributed by atoms with Gasteiger partial charge in [0.05, 0.1) is 13.7 Å². The Kier molecular flexibility index (Phi) is 5.23. The van der Waals surface area contributed by atoms with Crippen LogP contribution in [0.3, 0.4) is 0 Å². The predicted octanol–water partition coefficient (Wildman–Crippen LogP) is 2.36. The van der Waals surface area contributed by atoms with Gasteiger partial charge in [0.15, 0.2) is 0 Å². The van der Waals surface area contributed by atoms with Crippen molar-refractivity contribution in [3.8, 4) is 0 Å². The molecule has 0 saturated heterocycles. The highest BCUT2D eigenvalue weighted by molar-refractivity contribution is 5.66. The lowest BCUT2D eigenvalue weighted by Crippen LogP contribution is -2.36. The molecule has 0 N–H and O–H groups in total. The molecule has 0 heterocycles. The molecule has 82 valence electrons. The van der Waals surface area contributed by atoms with Gasteiger partial charge in [-0.2, -0.15) is 5.06 Å². The summed E-state index contributed by atoms with van der Waals surface area (Å²) in [6.07, 6.45) is 1.92. The van der Waals surface area contributed by atoms with Crippen molar-refractivity contribution in [3.63, 3.8) is 0 Å². The average Bonchev–Trinajstić information content (AvgIpc) is 2.02. The molecule has 0 bridgehead atoms. The summed E-state index contributed by atoms with van der Waals surface area (Å²) in [5.74, 6) is 0. The van der Waals surface area contributed by atoms with E-state index in [1.54, 1.807) is 6.08 Å². The number of hydroxylamine groups is 2. The SMILES string of the molecule is C=CCCN(OC)C(=O)OC(C)(C)C. The molecule has 0 atom stereocenters. The van der Waals surface area contributed by atoms with Gasteiger partial charge in [0, 0.05) is 0 Å². The van der Waals surface area contributed by atoms with Crippen LogP contribution in [0.5, 0.6) is 0 Å². The summed E-state index contributed by atoms with van der Waals surface area (Å²) in [4.78, 5) is 16.3. The molecule has 4 heteroatoms. The van der Waals surface area contributed by atoms with E-state index in [0.717, 1.165) is 0 Å². The Morgan fingerprint density at radius 2 is 2.07 bits per heavy atom.